The highest BCUT2D eigenvalue weighted by molar-refractivity contribution is 5.84. The molecule has 1 aromatic rings. The van der Waals surface area contributed by atoms with Crippen LogP contribution in [-0.4, -0.2) is 32.8 Å². The van der Waals surface area contributed by atoms with Crippen LogP contribution in [0.4, 0.5) is 0 Å². The van der Waals surface area contributed by atoms with Gasteiger partial charge in [-0.1, -0.05) is 6.92 Å². The summed E-state index contributed by atoms with van der Waals surface area (Å²) in [5.41, 5.74) is 2.99. The van der Waals surface area contributed by atoms with Crippen molar-refractivity contribution < 1.29 is 14.7 Å². The number of amides is 1. The summed E-state index contributed by atoms with van der Waals surface area (Å²) in [7, 11) is 1.86. The highest BCUT2D eigenvalue weighted by atomic mass is 16.4. The van der Waals surface area contributed by atoms with Crippen LogP contribution in [0.25, 0.3) is 0 Å². The van der Waals surface area contributed by atoms with E-state index in [-0.39, 0.29) is 11.8 Å². The van der Waals surface area contributed by atoms with Crippen LogP contribution in [0.5, 0.6) is 0 Å². The van der Waals surface area contributed by atoms with Crippen molar-refractivity contribution in [3.05, 3.63) is 17.0 Å². The number of aliphatic carboxylic acids is 1. The zero-order valence-electron chi connectivity index (χ0n) is 12.0. The van der Waals surface area contributed by atoms with E-state index in [1.54, 1.807) is 11.6 Å². The van der Waals surface area contributed by atoms with Gasteiger partial charge in [0.2, 0.25) is 5.91 Å². The minimum Gasteiger partial charge on any atom is -0.480 e. The number of aromatic nitrogens is 2. The fourth-order valence-corrected chi connectivity index (χ4v) is 1.93. The van der Waals surface area contributed by atoms with Crippen LogP contribution in [0.3, 0.4) is 0 Å². The number of nitrogens with zero attached hydrogens (tertiary/aromatic N) is 2. The standard InChI is InChI=1S/C13H21N3O3/c1-7(12(17)14-9(3)13(18)19)6-11-8(2)15-16(5)10(11)4/h7,9H,6H2,1-5H3,(H,14,17)(H,18,19)/t7?,9-/m1/s1. The predicted molar refractivity (Wildman–Crippen MR) is 70.8 cm³/mol. The van der Waals surface area contributed by atoms with E-state index in [0.29, 0.717) is 6.42 Å². The molecule has 0 aliphatic carbocycles. The van der Waals surface area contributed by atoms with Crippen LogP contribution in [0, 0.1) is 19.8 Å². The maximum absolute atomic E-state index is 11.9. The van der Waals surface area contributed by atoms with E-state index in [4.69, 9.17) is 5.11 Å². The van der Waals surface area contributed by atoms with Crippen LogP contribution in [-0.2, 0) is 23.1 Å². The third-order valence-corrected chi connectivity index (χ3v) is 3.35. The summed E-state index contributed by atoms with van der Waals surface area (Å²) in [6.45, 7) is 7.11. The van der Waals surface area contributed by atoms with Gasteiger partial charge in [-0.05, 0) is 32.8 Å². The third-order valence-electron chi connectivity index (χ3n) is 3.35. The molecule has 0 fully saturated rings. The van der Waals surface area contributed by atoms with E-state index in [1.807, 2.05) is 20.9 Å². The number of carbonyl (C=O) groups is 2. The summed E-state index contributed by atoms with van der Waals surface area (Å²) in [4.78, 5) is 22.6. The highest BCUT2D eigenvalue weighted by Gasteiger charge is 2.21. The van der Waals surface area contributed by atoms with Gasteiger partial charge in [-0.3, -0.25) is 14.3 Å². The summed E-state index contributed by atoms with van der Waals surface area (Å²) in [6, 6.07) is -0.869. The van der Waals surface area contributed by atoms with Crippen molar-refractivity contribution in [2.45, 2.75) is 40.2 Å². The Balaban J connectivity index is 2.71. The number of hydrogen-bond donors (Lipinski definition) is 2. The van der Waals surface area contributed by atoms with Crippen LogP contribution in [0.2, 0.25) is 0 Å². The molecule has 0 aromatic carbocycles. The molecule has 2 atom stereocenters. The van der Waals surface area contributed by atoms with Gasteiger partial charge in [-0.25, -0.2) is 0 Å². The van der Waals surface area contributed by atoms with Crippen molar-refractivity contribution in [3.8, 4) is 0 Å². The number of aryl methyl sites for hydroxylation is 2. The van der Waals surface area contributed by atoms with E-state index in [1.165, 1.54) is 6.92 Å². The topological polar surface area (TPSA) is 84.2 Å². The Morgan fingerprint density at radius 3 is 2.37 bits per heavy atom. The molecule has 1 aromatic heterocycles. The van der Waals surface area contributed by atoms with Crippen molar-refractivity contribution in [2.24, 2.45) is 13.0 Å². The molecule has 1 rings (SSSR count). The van der Waals surface area contributed by atoms with Gasteiger partial charge < -0.3 is 10.4 Å². The molecule has 0 saturated heterocycles. The minimum absolute atomic E-state index is 0.252. The lowest BCUT2D eigenvalue weighted by Crippen LogP contribution is -2.41. The van der Waals surface area contributed by atoms with Crippen LogP contribution in [0.15, 0.2) is 0 Å². The molecule has 2 N–H and O–H groups in total. The van der Waals surface area contributed by atoms with Crippen LogP contribution in [0.1, 0.15) is 30.8 Å². The Labute approximate surface area is 112 Å². The second-order valence-corrected chi connectivity index (χ2v) is 4.95. The molecule has 0 saturated carbocycles. The molecular formula is C13H21N3O3. The Bertz CT molecular complexity index is 494. The lowest BCUT2D eigenvalue weighted by atomic mass is 9.98. The minimum atomic E-state index is -1.03. The SMILES string of the molecule is Cc1nn(C)c(C)c1CC(C)C(=O)N[C@H](C)C(=O)O. The summed E-state index contributed by atoms with van der Waals surface area (Å²) >= 11 is 0. The Morgan fingerprint density at radius 1 is 1.37 bits per heavy atom. The fourth-order valence-electron chi connectivity index (χ4n) is 1.93. The highest BCUT2D eigenvalue weighted by Crippen LogP contribution is 2.17. The lowest BCUT2D eigenvalue weighted by molar-refractivity contribution is -0.141. The number of carbonyl (C=O) groups excluding carboxylic acids is 1. The second-order valence-electron chi connectivity index (χ2n) is 4.95. The first-order valence-electron chi connectivity index (χ1n) is 6.26. The Kier molecular flexibility index (Phi) is 4.69. The van der Waals surface area contributed by atoms with Gasteiger partial charge in [0.15, 0.2) is 0 Å². The molecule has 0 aliphatic heterocycles. The number of carboxylic acids is 1. The molecule has 0 bridgehead atoms. The summed E-state index contributed by atoms with van der Waals surface area (Å²) in [5, 5.41) is 15.5. The largest absolute Gasteiger partial charge is 0.480 e. The molecule has 19 heavy (non-hydrogen) atoms. The average molecular weight is 267 g/mol. The first kappa shape index (κ1) is 15.2. The first-order chi connectivity index (χ1) is 8.73. The number of carboxylic acid groups (broad SMARTS) is 1. The van der Waals surface area contributed by atoms with Crippen molar-refractivity contribution in [2.75, 3.05) is 0 Å². The summed E-state index contributed by atoms with van der Waals surface area (Å²) in [5.74, 6) is -1.57. The molecule has 6 nitrogen and oxygen atoms in total. The first-order valence-corrected chi connectivity index (χ1v) is 6.26. The third kappa shape index (κ3) is 3.56. The molecule has 0 aliphatic rings. The van der Waals surface area contributed by atoms with Gasteiger partial charge in [0, 0.05) is 18.7 Å². The fraction of sp³-hybridized carbons (Fsp3) is 0.615. The van der Waals surface area contributed by atoms with Crippen molar-refractivity contribution >= 4 is 11.9 Å². The monoisotopic (exact) mass is 267 g/mol. The maximum Gasteiger partial charge on any atom is 0.325 e. The van der Waals surface area contributed by atoms with Gasteiger partial charge >= 0.3 is 5.97 Å². The van der Waals surface area contributed by atoms with Crippen molar-refractivity contribution in [1.82, 2.24) is 15.1 Å². The van der Waals surface area contributed by atoms with Gasteiger partial charge in [0.05, 0.1) is 5.69 Å². The van der Waals surface area contributed by atoms with Crippen molar-refractivity contribution in [3.63, 3.8) is 0 Å². The van der Waals surface area contributed by atoms with E-state index in [9.17, 15) is 9.59 Å². The normalized spacial score (nSPS) is 13.9. The van der Waals surface area contributed by atoms with Crippen LogP contribution < -0.4 is 5.32 Å². The zero-order valence-corrected chi connectivity index (χ0v) is 12.0. The molecular weight excluding hydrogens is 246 g/mol. The Hall–Kier alpha value is -1.85. The predicted octanol–water partition coefficient (Wildman–Crippen LogP) is 0.805. The van der Waals surface area contributed by atoms with E-state index < -0.39 is 12.0 Å². The van der Waals surface area contributed by atoms with Crippen molar-refractivity contribution in [1.29, 1.82) is 0 Å². The van der Waals surface area contributed by atoms with Gasteiger partial charge in [-0.15, -0.1) is 0 Å². The quantitative estimate of drug-likeness (QED) is 0.826. The van der Waals surface area contributed by atoms with Crippen LogP contribution >= 0.6 is 0 Å². The number of nitrogens with one attached hydrogen (secondary N) is 1. The van der Waals surface area contributed by atoms with Gasteiger partial charge in [0.25, 0.3) is 0 Å². The van der Waals surface area contributed by atoms with E-state index >= 15 is 0 Å². The second kappa shape index (κ2) is 5.86. The molecule has 106 valence electrons. The number of hydrogen-bond acceptors (Lipinski definition) is 3. The Morgan fingerprint density at radius 2 is 1.95 bits per heavy atom. The molecule has 0 spiro atoms. The molecule has 1 unspecified atom stereocenters. The molecule has 0 radical (unpaired) electrons. The maximum atomic E-state index is 11.9. The average Bonchev–Trinajstić information content (AvgIpc) is 2.55. The molecule has 1 heterocycles. The van der Waals surface area contributed by atoms with Gasteiger partial charge in [0.1, 0.15) is 6.04 Å². The lowest BCUT2D eigenvalue weighted by Gasteiger charge is -2.15. The summed E-state index contributed by atoms with van der Waals surface area (Å²) < 4.78 is 1.79. The zero-order chi connectivity index (χ0) is 14.7. The van der Waals surface area contributed by atoms with E-state index in [2.05, 4.69) is 10.4 Å². The smallest absolute Gasteiger partial charge is 0.325 e. The van der Waals surface area contributed by atoms with Gasteiger partial charge in [-0.2, -0.15) is 5.10 Å². The van der Waals surface area contributed by atoms with E-state index in [0.717, 1.165) is 17.0 Å². The number of rotatable bonds is 5. The summed E-state index contributed by atoms with van der Waals surface area (Å²) in [6.07, 6.45) is 0.559. The molecule has 6 heteroatoms. The molecule has 1 amide bonds.